The van der Waals surface area contributed by atoms with Crippen molar-refractivity contribution in [2.24, 2.45) is 5.92 Å². The molecule has 1 saturated heterocycles. The summed E-state index contributed by atoms with van der Waals surface area (Å²) >= 11 is 0. The molecule has 0 radical (unpaired) electrons. The van der Waals surface area contributed by atoms with E-state index in [2.05, 4.69) is 9.39 Å². The number of hydrogen-bond acceptors (Lipinski definition) is 3. The lowest BCUT2D eigenvalue weighted by Gasteiger charge is -2.24. The second-order valence-corrected chi connectivity index (χ2v) is 3.18. The molecule has 4 heteroatoms. The zero-order chi connectivity index (χ0) is 7.56. The topological polar surface area (TPSA) is 37.4 Å². The summed E-state index contributed by atoms with van der Waals surface area (Å²) in [7, 11) is 2.50. The van der Waals surface area contributed by atoms with Gasteiger partial charge in [0.25, 0.3) is 0 Å². The number of Topliss-reactive ketones (excluding diaryl/α,β-unsaturated/α-hetero) is 1. The molecule has 2 unspecified atom stereocenters. The minimum atomic E-state index is -0.383. The van der Waals surface area contributed by atoms with Crippen LogP contribution in [0.15, 0.2) is 0 Å². The van der Waals surface area contributed by atoms with Crippen molar-refractivity contribution in [2.45, 2.75) is 6.42 Å². The monoisotopic (exact) mass is 159 g/mol. The number of hydrogen-bond donors (Lipinski definition) is 0. The Balaban J connectivity index is 2.53. The molecule has 0 aliphatic carbocycles. The molecule has 1 fully saturated rings. The van der Waals surface area contributed by atoms with Crippen LogP contribution in [0.25, 0.3) is 0 Å². The second kappa shape index (κ2) is 3.22. The Labute approximate surface area is 62.0 Å². The highest BCUT2D eigenvalue weighted by atomic mass is 31.0. The van der Waals surface area contributed by atoms with Crippen molar-refractivity contribution in [3.05, 3.63) is 0 Å². The van der Waals surface area contributed by atoms with E-state index in [-0.39, 0.29) is 11.7 Å². The first-order chi connectivity index (χ1) is 4.74. The molecule has 0 aromatic heterocycles. The van der Waals surface area contributed by atoms with Crippen molar-refractivity contribution in [3.63, 3.8) is 0 Å². The van der Waals surface area contributed by atoms with Gasteiger partial charge in [-0.05, 0) is 0 Å². The lowest BCUT2D eigenvalue weighted by atomic mass is 10.00. The number of carbonyl (C=O) groups is 2. The molecule has 0 spiro atoms. The van der Waals surface area contributed by atoms with E-state index in [0.717, 1.165) is 12.8 Å². The average Bonchev–Trinajstić information content (AvgIpc) is 1.94. The third kappa shape index (κ3) is 1.61. The number of rotatable bonds is 1. The fourth-order valence-corrected chi connectivity index (χ4v) is 1.36. The fraction of sp³-hybridized carbons (Fsp3) is 0.667. The van der Waals surface area contributed by atoms with E-state index in [0.29, 0.717) is 13.0 Å². The Morgan fingerprint density at radius 1 is 1.70 bits per heavy atom. The molecule has 0 aromatic carbocycles. The second-order valence-electron chi connectivity index (χ2n) is 2.45. The first-order valence-electron chi connectivity index (χ1n) is 3.21. The van der Waals surface area contributed by atoms with Crippen LogP contribution in [0.4, 0.5) is 0 Å². The molecule has 56 valence electrons. The lowest BCUT2D eigenvalue weighted by Crippen LogP contribution is -2.35. The van der Waals surface area contributed by atoms with Crippen LogP contribution in [0.5, 0.6) is 0 Å². The zero-order valence-corrected chi connectivity index (χ0v) is 6.77. The third-order valence-electron chi connectivity index (χ3n) is 1.65. The van der Waals surface area contributed by atoms with Crippen molar-refractivity contribution in [1.82, 2.24) is 4.67 Å². The normalized spacial score (nSPS) is 28.5. The van der Waals surface area contributed by atoms with Gasteiger partial charge in [0.15, 0.2) is 0 Å². The molecule has 1 aliphatic heterocycles. The maximum atomic E-state index is 10.9. The first kappa shape index (κ1) is 7.83. The van der Waals surface area contributed by atoms with E-state index < -0.39 is 0 Å². The molecule has 2 atom stereocenters. The minimum absolute atomic E-state index is 0.0775. The lowest BCUT2D eigenvalue weighted by molar-refractivity contribution is -0.129. The van der Waals surface area contributed by atoms with Gasteiger partial charge in [-0.25, -0.2) is 0 Å². The van der Waals surface area contributed by atoms with Gasteiger partial charge >= 0.3 is 0 Å². The van der Waals surface area contributed by atoms with Crippen LogP contribution in [0.2, 0.25) is 0 Å². The number of nitrogens with zero attached hydrogens (tertiary/aromatic N) is 1. The van der Waals surface area contributed by atoms with Crippen molar-refractivity contribution in [3.8, 4) is 0 Å². The molecule has 1 rings (SSSR count). The van der Waals surface area contributed by atoms with Gasteiger partial charge in [0, 0.05) is 19.5 Å². The fourth-order valence-electron chi connectivity index (χ4n) is 1.00. The summed E-state index contributed by atoms with van der Waals surface area (Å²) in [6, 6.07) is 0. The van der Waals surface area contributed by atoms with Gasteiger partial charge in [-0.3, -0.25) is 9.46 Å². The molecular weight excluding hydrogens is 149 g/mol. The number of piperidine rings is 1. The highest BCUT2D eigenvalue weighted by Gasteiger charge is 2.24. The van der Waals surface area contributed by atoms with Gasteiger partial charge in [-0.15, -0.1) is 0 Å². The van der Waals surface area contributed by atoms with Crippen LogP contribution in [0.1, 0.15) is 6.42 Å². The highest BCUT2D eigenvalue weighted by molar-refractivity contribution is 7.13. The van der Waals surface area contributed by atoms with Crippen LogP contribution >= 0.6 is 9.39 Å². The summed E-state index contributed by atoms with van der Waals surface area (Å²) in [4.78, 5) is 21.2. The number of ketones is 1. The van der Waals surface area contributed by atoms with Crippen molar-refractivity contribution in [2.75, 3.05) is 13.1 Å². The largest absolute Gasteiger partial charge is 0.303 e. The number of aldehydes is 1. The Bertz CT molecular complexity index is 160. The van der Waals surface area contributed by atoms with E-state index in [1.54, 1.807) is 0 Å². The molecule has 0 saturated carbocycles. The summed E-state index contributed by atoms with van der Waals surface area (Å²) in [5.41, 5.74) is 0. The Kier molecular flexibility index (Phi) is 2.52. The Hall–Kier alpha value is -0.270. The first-order valence-corrected chi connectivity index (χ1v) is 3.73. The molecule has 1 heterocycles. The predicted molar refractivity (Wildman–Crippen MR) is 40.5 cm³/mol. The Morgan fingerprint density at radius 3 is 2.90 bits per heavy atom. The smallest absolute Gasteiger partial charge is 0.145 e. The van der Waals surface area contributed by atoms with Gasteiger partial charge < -0.3 is 4.79 Å². The summed E-state index contributed by atoms with van der Waals surface area (Å²) in [6.45, 7) is 1.32. The maximum Gasteiger partial charge on any atom is 0.145 e. The molecule has 0 N–H and O–H groups in total. The third-order valence-corrected chi connectivity index (χ3v) is 2.12. The van der Waals surface area contributed by atoms with Crippen LogP contribution < -0.4 is 0 Å². The summed E-state index contributed by atoms with van der Waals surface area (Å²) in [6.07, 6.45) is 1.24. The van der Waals surface area contributed by atoms with Gasteiger partial charge in [-0.2, -0.15) is 0 Å². The van der Waals surface area contributed by atoms with E-state index in [1.807, 2.05) is 4.67 Å². The Morgan fingerprint density at radius 2 is 2.40 bits per heavy atom. The van der Waals surface area contributed by atoms with Crippen molar-refractivity contribution < 1.29 is 9.59 Å². The van der Waals surface area contributed by atoms with Crippen LogP contribution in [-0.2, 0) is 9.59 Å². The quantitative estimate of drug-likeness (QED) is 0.304. The molecule has 10 heavy (non-hydrogen) atoms. The maximum absolute atomic E-state index is 10.9. The van der Waals surface area contributed by atoms with Crippen LogP contribution in [-0.4, -0.2) is 29.8 Å². The average molecular weight is 159 g/mol. The standard InChI is InChI=1S/C6H10NO2P/c8-4-5-3-7(10)2-1-6(5)9/h4-5H,1-3,10H2. The van der Waals surface area contributed by atoms with E-state index >= 15 is 0 Å². The minimum Gasteiger partial charge on any atom is -0.303 e. The summed E-state index contributed by atoms with van der Waals surface area (Å²) in [5, 5.41) is 0. The van der Waals surface area contributed by atoms with Crippen LogP contribution in [0.3, 0.4) is 0 Å². The predicted octanol–water partition coefficient (Wildman–Crippen LogP) is -0.134. The van der Waals surface area contributed by atoms with Crippen LogP contribution in [0, 0.1) is 5.92 Å². The molecule has 3 nitrogen and oxygen atoms in total. The van der Waals surface area contributed by atoms with Crippen molar-refractivity contribution in [1.29, 1.82) is 0 Å². The van der Waals surface area contributed by atoms with Gasteiger partial charge in [0.1, 0.15) is 12.1 Å². The summed E-state index contributed by atoms with van der Waals surface area (Å²) < 4.78 is 1.92. The van der Waals surface area contributed by atoms with Gasteiger partial charge in [0.05, 0.1) is 5.92 Å². The highest BCUT2D eigenvalue weighted by Crippen LogP contribution is 2.13. The molecule has 0 amide bonds. The molecular formula is C6H10NO2P. The molecule has 0 aromatic rings. The van der Waals surface area contributed by atoms with E-state index in [4.69, 9.17) is 0 Å². The van der Waals surface area contributed by atoms with Crippen molar-refractivity contribution >= 4 is 21.5 Å². The number of carbonyl (C=O) groups excluding carboxylic acids is 2. The van der Waals surface area contributed by atoms with Gasteiger partial charge in [0.2, 0.25) is 0 Å². The molecule has 1 aliphatic rings. The summed E-state index contributed by atoms with van der Waals surface area (Å²) in [5.74, 6) is -0.306. The van der Waals surface area contributed by atoms with E-state index in [9.17, 15) is 9.59 Å². The van der Waals surface area contributed by atoms with E-state index in [1.165, 1.54) is 0 Å². The SMILES string of the molecule is O=CC1CN(P)CCC1=O. The van der Waals surface area contributed by atoms with Gasteiger partial charge in [-0.1, -0.05) is 9.39 Å². The zero-order valence-electron chi connectivity index (χ0n) is 5.62. The molecule has 0 bridgehead atoms.